The van der Waals surface area contributed by atoms with Gasteiger partial charge in [-0.2, -0.15) is 13.2 Å². The van der Waals surface area contributed by atoms with E-state index in [-0.39, 0.29) is 23.7 Å². The van der Waals surface area contributed by atoms with Crippen molar-refractivity contribution < 1.29 is 27.6 Å². The lowest BCUT2D eigenvalue weighted by molar-refractivity contribution is -0.156. The van der Waals surface area contributed by atoms with Crippen LogP contribution in [0.15, 0.2) is 16.7 Å². The second kappa shape index (κ2) is 7.55. The highest BCUT2D eigenvalue weighted by atomic mass is 35.5. The molecule has 1 unspecified atom stereocenters. The maximum absolute atomic E-state index is 12.8. The molecule has 2 atom stereocenters. The lowest BCUT2D eigenvalue weighted by atomic mass is 10.0. The third kappa shape index (κ3) is 3.73. The molecule has 1 amide bonds. The van der Waals surface area contributed by atoms with Gasteiger partial charge in [-0.25, -0.2) is 0 Å². The summed E-state index contributed by atoms with van der Waals surface area (Å²) >= 11 is 0.996. The van der Waals surface area contributed by atoms with E-state index >= 15 is 0 Å². The van der Waals surface area contributed by atoms with E-state index in [1.54, 1.807) is 0 Å². The van der Waals surface area contributed by atoms with Crippen molar-refractivity contribution in [3.05, 3.63) is 28.3 Å². The fourth-order valence-corrected chi connectivity index (χ4v) is 3.78. The maximum Gasteiger partial charge on any atom is 0.452 e. The predicted molar refractivity (Wildman–Crippen MR) is 91.1 cm³/mol. The summed E-state index contributed by atoms with van der Waals surface area (Å²) in [5.41, 5.74) is 5.69. The number of halogens is 4. The van der Waals surface area contributed by atoms with E-state index < -0.39 is 30.1 Å². The van der Waals surface area contributed by atoms with Gasteiger partial charge >= 0.3 is 6.18 Å². The number of nitrogens with two attached hydrogens (primary N) is 1. The third-order valence-corrected chi connectivity index (χ3v) is 5.21. The fourth-order valence-electron chi connectivity index (χ4n) is 2.78. The van der Waals surface area contributed by atoms with Crippen LogP contribution < -0.4 is 5.73 Å². The summed E-state index contributed by atoms with van der Waals surface area (Å²) in [5, 5.41) is 13.5. The molecule has 3 rings (SSSR count). The molecule has 144 valence electrons. The van der Waals surface area contributed by atoms with Crippen molar-refractivity contribution in [3.8, 4) is 10.6 Å². The Morgan fingerprint density at radius 2 is 2.15 bits per heavy atom. The van der Waals surface area contributed by atoms with E-state index in [0.29, 0.717) is 29.1 Å². The Bertz CT molecular complexity index is 793. The highest BCUT2D eigenvalue weighted by Gasteiger charge is 2.39. The van der Waals surface area contributed by atoms with Crippen molar-refractivity contribution in [2.75, 3.05) is 6.54 Å². The lowest BCUT2D eigenvalue weighted by Gasteiger charge is -2.35. The molecule has 0 saturated carbocycles. The average Bonchev–Trinajstić information content (AvgIpc) is 3.15. The van der Waals surface area contributed by atoms with Crippen molar-refractivity contribution in [1.29, 1.82) is 0 Å². The van der Waals surface area contributed by atoms with Gasteiger partial charge in [-0.3, -0.25) is 4.79 Å². The van der Waals surface area contributed by atoms with Crippen molar-refractivity contribution in [2.45, 2.75) is 38.2 Å². The minimum Gasteiger partial charge on any atom is -0.372 e. The minimum atomic E-state index is -4.63. The van der Waals surface area contributed by atoms with Gasteiger partial charge in [0.1, 0.15) is 11.9 Å². The van der Waals surface area contributed by atoms with E-state index in [1.165, 1.54) is 24.0 Å². The molecule has 1 saturated heterocycles. The normalized spacial score (nSPS) is 20.8. The van der Waals surface area contributed by atoms with Gasteiger partial charge in [0.2, 0.25) is 5.76 Å². The zero-order chi connectivity index (χ0) is 18.4. The molecule has 1 aliphatic heterocycles. The van der Waals surface area contributed by atoms with Crippen LogP contribution in [0.3, 0.4) is 0 Å². The van der Waals surface area contributed by atoms with Crippen LogP contribution >= 0.6 is 23.7 Å². The average molecular weight is 412 g/mol. The number of carbonyl (C=O) groups is 1. The SMILES string of the molecule is Cc1c(-c2ccc(C(=O)N3CCCC(N)[C@@H]3O)s2)noc1C(F)(F)F.Cl. The molecular formula is C15H17ClF3N3O3S. The molecule has 3 N–H and O–H groups in total. The number of amides is 1. The quantitative estimate of drug-likeness (QED) is 0.792. The number of nitrogens with zero attached hydrogens (tertiary/aromatic N) is 2. The number of thiophene rings is 1. The fraction of sp³-hybridized carbons (Fsp3) is 0.467. The molecule has 0 aliphatic carbocycles. The van der Waals surface area contributed by atoms with E-state index in [2.05, 4.69) is 9.68 Å². The van der Waals surface area contributed by atoms with Crippen molar-refractivity contribution in [2.24, 2.45) is 5.73 Å². The van der Waals surface area contributed by atoms with Gasteiger partial charge in [0.25, 0.3) is 5.91 Å². The third-order valence-electron chi connectivity index (χ3n) is 4.13. The summed E-state index contributed by atoms with van der Waals surface area (Å²) in [5.74, 6) is -1.56. The first-order valence-corrected chi connectivity index (χ1v) is 8.40. The summed E-state index contributed by atoms with van der Waals surface area (Å²) in [6.07, 6.45) is -4.39. The first-order valence-electron chi connectivity index (χ1n) is 7.58. The van der Waals surface area contributed by atoms with Crippen LogP contribution in [0.2, 0.25) is 0 Å². The minimum absolute atomic E-state index is 0. The Labute approximate surface area is 157 Å². The van der Waals surface area contributed by atoms with Crippen LogP contribution in [0.5, 0.6) is 0 Å². The number of likely N-dealkylation sites (tertiary alicyclic amines) is 1. The monoisotopic (exact) mass is 411 g/mol. The molecule has 11 heteroatoms. The topological polar surface area (TPSA) is 92.6 Å². The predicted octanol–water partition coefficient (Wildman–Crippen LogP) is 3.03. The zero-order valence-electron chi connectivity index (χ0n) is 13.6. The van der Waals surface area contributed by atoms with Crippen molar-refractivity contribution in [1.82, 2.24) is 10.1 Å². The molecule has 6 nitrogen and oxygen atoms in total. The highest BCUT2D eigenvalue weighted by Crippen LogP contribution is 2.38. The molecule has 0 spiro atoms. The summed E-state index contributed by atoms with van der Waals surface area (Å²) < 4.78 is 42.8. The van der Waals surface area contributed by atoms with Gasteiger partial charge < -0.3 is 20.3 Å². The number of alkyl halides is 3. The first-order chi connectivity index (χ1) is 11.7. The number of hydrogen-bond acceptors (Lipinski definition) is 6. The molecule has 1 fully saturated rings. The zero-order valence-corrected chi connectivity index (χ0v) is 15.2. The Balaban J connectivity index is 0.00000243. The number of piperidine rings is 1. The summed E-state index contributed by atoms with van der Waals surface area (Å²) in [4.78, 5) is 14.5. The molecule has 0 bridgehead atoms. The van der Waals surface area contributed by atoms with Gasteiger partial charge in [-0.15, -0.1) is 23.7 Å². The van der Waals surface area contributed by atoms with Crippen molar-refractivity contribution >= 4 is 29.7 Å². The van der Waals surface area contributed by atoms with E-state index in [1.807, 2.05) is 0 Å². The summed E-state index contributed by atoms with van der Waals surface area (Å²) in [6.45, 7) is 1.64. The number of carbonyl (C=O) groups excluding carboxylic acids is 1. The van der Waals surface area contributed by atoms with Crippen LogP contribution in [0.1, 0.15) is 33.8 Å². The number of hydrogen-bond donors (Lipinski definition) is 2. The number of aliphatic hydroxyl groups excluding tert-OH is 1. The Kier molecular flexibility index (Phi) is 6.01. The van der Waals surface area contributed by atoms with Crippen molar-refractivity contribution in [3.63, 3.8) is 0 Å². The molecule has 0 aromatic carbocycles. The van der Waals surface area contributed by atoms with E-state index in [4.69, 9.17) is 5.73 Å². The molecule has 2 aromatic rings. The highest BCUT2D eigenvalue weighted by molar-refractivity contribution is 7.17. The summed E-state index contributed by atoms with van der Waals surface area (Å²) in [7, 11) is 0. The van der Waals surface area contributed by atoms with Gasteiger partial charge in [0.15, 0.2) is 0 Å². The summed E-state index contributed by atoms with van der Waals surface area (Å²) in [6, 6.07) is 2.50. The number of rotatable bonds is 2. The van der Waals surface area contributed by atoms with Crippen LogP contribution in [0, 0.1) is 6.92 Å². The Hall–Kier alpha value is -1.62. The van der Waals surface area contributed by atoms with Gasteiger partial charge in [-0.1, -0.05) is 5.16 Å². The molecule has 3 heterocycles. The second-order valence-electron chi connectivity index (χ2n) is 5.87. The molecule has 1 aliphatic rings. The standard InChI is InChI=1S/C15H16F3N3O3S.ClH/c1-7-11(20-24-12(7)15(16,17)18)9-4-5-10(25-9)14(23)21-6-2-3-8(19)13(21)22;/h4-5,8,13,22H,2-3,6,19H2,1H3;1H/t8?,13-;/m0./s1. The van der Waals surface area contributed by atoms with Crippen LogP contribution in [0.25, 0.3) is 10.6 Å². The lowest BCUT2D eigenvalue weighted by Crippen LogP contribution is -2.54. The molecular weight excluding hydrogens is 395 g/mol. The largest absolute Gasteiger partial charge is 0.452 e. The molecule has 0 radical (unpaired) electrons. The van der Waals surface area contributed by atoms with E-state index in [9.17, 15) is 23.1 Å². The molecule has 2 aromatic heterocycles. The van der Waals surface area contributed by atoms with Crippen LogP contribution in [-0.2, 0) is 6.18 Å². The van der Waals surface area contributed by atoms with Gasteiger partial charge in [0, 0.05) is 18.2 Å². The Morgan fingerprint density at radius 3 is 2.77 bits per heavy atom. The second-order valence-corrected chi connectivity index (χ2v) is 6.95. The van der Waals surface area contributed by atoms with Gasteiger partial charge in [-0.05, 0) is 31.9 Å². The van der Waals surface area contributed by atoms with Crippen LogP contribution in [0.4, 0.5) is 13.2 Å². The maximum atomic E-state index is 12.8. The smallest absolute Gasteiger partial charge is 0.372 e. The van der Waals surface area contributed by atoms with Gasteiger partial charge in [0.05, 0.1) is 9.75 Å². The molecule has 26 heavy (non-hydrogen) atoms. The van der Waals surface area contributed by atoms with Crippen LogP contribution in [-0.4, -0.2) is 39.9 Å². The Morgan fingerprint density at radius 1 is 1.46 bits per heavy atom. The number of aromatic nitrogens is 1. The first kappa shape index (κ1) is 20.7. The van der Waals surface area contributed by atoms with E-state index in [0.717, 1.165) is 11.3 Å². The number of aliphatic hydroxyl groups is 1.